The van der Waals surface area contributed by atoms with E-state index in [0.717, 1.165) is 47.2 Å². The molecule has 24 heteroatoms. The van der Waals surface area contributed by atoms with Crippen LogP contribution >= 0.6 is 63.1 Å². The maximum atomic E-state index is 6.34. The predicted molar refractivity (Wildman–Crippen MR) is 342 cm³/mol. The maximum Gasteiger partial charge on any atom is 0.537 e. The van der Waals surface area contributed by atoms with Gasteiger partial charge in [0.25, 0.3) is 0 Å². The van der Waals surface area contributed by atoms with Gasteiger partial charge in [-0.2, -0.15) is 63.1 Å². The minimum atomic E-state index is -2.83. The van der Waals surface area contributed by atoms with Crippen molar-refractivity contribution in [2.45, 2.75) is 113 Å². The summed E-state index contributed by atoms with van der Waals surface area (Å²) in [5.41, 5.74) is 0. The Kier molecular flexibility index (Phi) is 42.9. The summed E-state index contributed by atoms with van der Waals surface area (Å²) < 4.78 is 71.3. The summed E-state index contributed by atoms with van der Waals surface area (Å²) in [5, 5.41) is 3.28. The number of hydrogen-bond donors (Lipinski definition) is 5. The van der Waals surface area contributed by atoms with E-state index in [1.54, 1.807) is 7.11 Å². The van der Waals surface area contributed by atoms with Crippen LogP contribution in [0.4, 0.5) is 0 Å². The average molecular weight is 1240 g/mol. The maximum absolute atomic E-state index is 6.34. The molecule has 0 heterocycles. The molecule has 0 amide bonds. The third kappa shape index (κ3) is 33.6. The van der Waals surface area contributed by atoms with E-state index in [1.165, 1.54) is 0 Å². The lowest BCUT2D eigenvalue weighted by Gasteiger charge is -2.36. The summed E-state index contributed by atoms with van der Waals surface area (Å²) in [6.07, 6.45) is 2.92. The summed E-state index contributed by atoms with van der Waals surface area (Å²) in [5.74, 6) is 3.41. The van der Waals surface area contributed by atoms with E-state index < -0.39 is 60.2 Å². The van der Waals surface area contributed by atoms with E-state index in [1.807, 2.05) is 106 Å². The van der Waals surface area contributed by atoms with Crippen molar-refractivity contribution in [1.82, 2.24) is 0 Å². The Morgan fingerprint density at radius 1 is 0.329 bits per heavy atom. The van der Waals surface area contributed by atoms with Gasteiger partial charge < -0.3 is 52.2 Å². The first-order valence-corrected chi connectivity index (χ1v) is 45.8. The van der Waals surface area contributed by atoms with Crippen molar-refractivity contribution < 1.29 is 52.2 Å². The highest BCUT2D eigenvalue weighted by atomic mass is 32.1. The van der Waals surface area contributed by atoms with Crippen molar-refractivity contribution in [2.75, 3.05) is 88.7 Å². The SMILES string of the molecule is C.CCCO[Si](C)(C)O[Si](C)(C)OCCS.CCCO[Si](OCCS)(OCCS)c1ccccc1.CCCO[Si](OCCS)(c1ccccc1)c1ccccc1.CO[Si](C)(C)O[Si](C)(C)O[Si](C)(C)OCCS. The molecule has 0 unspecified atom stereocenters. The largest absolute Gasteiger partial charge is 0.537 e. The molecule has 0 saturated carbocycles. The summed E-state index contributed by atoms with van der Waals surface area (Å²) >= 11 is 20.9. The lowest BCUT2D eigenvalue weighted by molar-refractivity contribution is 0.0832. The summed E-state index contributed by atoms with van der Waals surface area (Å²) in [7, 11) is -14.2. The molecule has 0 saturated heterocycles. The standard InChI is InChI=1S/C17H22O2SSi.C13H22O3S2Si.C9H26O4SSi3.C9H24O3SSi2.CH4/c1-2-13-18-21(19-14-15-20,16-9-5-3-6-10-16)17-11-7-4-8-12-17;1-2-8-14-19(15-9-11-17,16-10-12-18)13-6-4-3-5-7-13;1-10-15(2,3)12-17(6,7)13-16(4,5)11-8-9-14;1-6-7-10-14(2,3)12-15(4,5)11-8-9-13;/h3-12,20H,2,13-15H2,1H3;3-7,17-18H,2,8-12H2,1H3;14H,8-9H2,1-7H3;13H,6-9H2,1-5H3;1H4. The summed E-state index contributed by atoms with van der Waals surface area (Å²) in [6, 6.07) is 30.5. The molecule has 12 nitrogen and oxygen atoms in total. The van der Waals surface area contributed by atoms with Crippen LogP contribution < -0.4 is 15.6 Å². The van der Waals surface area contributed by atoms with Crippen molar-refractivity contribution >= 4 is 139 Å². The highest BCUT2D eigenvalue weighted by molar-refractivity contribution is 7.80. The summed E-state index contributed by atoms with van der Waals surface area (Å²) in [4.78, 5) is 0. The Balaban J connectivity index is 0. The van der Waals surface area contributed by atoms with Crippen LogP contribution in [0.3, 0.4) is 0 Å². The molecule has 0 atom stereocenters. The Morgan fingerprint density at radius 3 is 0.945 bits per heavy atom. The van der Waals surface area contributed by atoms with Crippen LogP contribution in [-0.2, 0) is 52.2 Å². The van der Waals surface area contributed by atoms with Gasteiger partial charge in [0.15, 0.2) is 0 Å². The van der Waals surface area contributed by atoms with E-state index in [2.05, 4.69) is 134 Å². The molecule has 424 valence electrons. The molecule has 0 aromatic heterocycles. The van der Waals surface area contributed by atoms with Gasteiger partial charge in [0.2, 0.25) is 0 Å². The molecule has 3 aromatic carbocycles. The first-order valence-electron chi connectivity index (χ1n) is 25.0. The van der Waals surface area contributed by atoms with Crippen molar-refractivity contribution in [1.29, 1.82) is 0 Å². The van der Waals surface area contributed by atoms with Crippen LogP contribution in [0.1, 0.15) is 47.5 Å². The normalized spacial score (nSPS) is 12.4. The minimum Gasteiger partial charge on any atom is -0.415 e. The van der Waals surface area contributed by atoms with Gasteiger partial charge in [0, 0.05) is 93.9 Å². The van der Waals surface area contributed by atoms with Crippen molar-refractivity contribution in [2.24, 2.45) is 0 Å². The lowest BCUT2D eigenvalue weighted by Crippen LogP contribution is -2.63. The van der Waals surface area contributed by atoms with Crippen LogP contribution in [0, 0.1) is 0 Å². The number of rotatable bonds is 34. The van der Waals surface area contributed by atoms with Crippen LogP contribution in [-0.4, -0.2) is 149 Å². The zero-order chi connectivity index (χ0) is 54.6. The quantitative estimate of drug-likeness (QED) is 0.0290. The minimum absolute atomic E-state index is 0. The van der Waals surface area contributed by atoms with Gasteiger partial charge in [0.1, 0.15) is 0 Å². The molecule has 0 aliphatic heterocycles. The molecule has 0 bridgehead atoms. The predicted octanol–water partition coefficient (Wildman–Crippen LogP) is 10.9. The average Bonchev–Trinajstić information content (AvgIpc) is 3.35. The number of thiol groups is 5. The van der Waals surface area contributed by atoms with Crippen LogP contribution in [0.5, 0.6) is 0 Å². The fourth-order valence-electron chi connectivity index (χ4n) is 6.76. The molecule has 0 radical (unpaired) electrons. The zero-order valence-corrected chi connectivity index (χ0v) is 57.6. The van der Waals surface area contributed by atoms with E-state index in [9.17, 15) is 0 Å². The molecule has 0 spiro atoms. The molecule has 3 aromatic rings. The Hall–Kier alpha value is 0.448. The topological polar surface area (TPSA) is 111 Å². The molecule has 0 fully saturated rings. The van der Waals surface area contributed by atoms with Gasteiger partial charge in [-0.1, -0.05) is 119 Å². The smallest absolute Gasteiger partial charge is 0.415 e. The number of benzene rings is 3. The van der Waals surface area contributed by atoms with Gasteiger partial charge >= 0.3 is 60.2 Å². The fourth-order valence-corrected chi connectivity index (χ4v) is 31.5. The van der Waals surface area contributed by atoms with Crippen molar-refractivity contribution in [3.8, 4) is 0 Å². The Morgan fingerprint density at radius 2 is 0.589 bits per heavy atom. The summed E-state index contributed by atoms with van der Waals surface area (Å²) in [6.45, 7) is 31.7. The van der Waals surface area contributed by atoms with Crippen molar-refractivity contribution in [3.05, 3.63) is 91.0 Å². The van der Waals surface area contributed by atoms with Crippen LogP contribution in [0.2, 0.25) is 65.5 Å². The lowest BCUT2D eigenvalue weighted by atomic mass is 10.4. The van der Waals surface area contributed by atoms with Gasteiger partial charge in [-0.15, -0.1) is 0 Å². The van der Waals surface area contributed by atoms with E-state index >= 15 is 0 Å². The second kappa shape index (κ2) is 41.5. The van der Waals surface area contributed by atoms with Gasteiger partial charge in [-0.05, 0) is 95.1 Å². The second-order valence-electron chi connectivity index (χ2n) is 18.2. The Labute approximate surface area is 480 Å². The molecule has 0 aliphatic rings. The van der Waals surface area contributed by atoms with Gasteiger partial charge in [-0.3, -0.25) is 0 Å². The third-order valence-electron chi connectivity index (χ3n) is 9.31. The highest BCUT2D eigenvalue weighted by Gasteiger charge is 2.45. The van der Waals surface area contributed by atoms with Gasteiger partial charge in [0.05, 0.1) is 0 Å². The van der Waals surface area contributed by atoms with Crippen LogP contribution in [0.25, 0.3) is 0 Å². The third-order valence-corrected chi connectivity index (χ3v) is 31.9. The van der Waals surface area contributed by atoms with E-state index in [0.29, 0.717) is 69.3 Å². The molecule has 73 heavy (non-hydrogen) atoms. The van der Waals surface area contributed by atoms with E-state index in [4.69, 9.17) is 52.2 Å². The zero-order valence-electron chi connectivity index (χ0n) is 46.1. The molecule has 0 aliphatic carbocycles. The van der Waals surface area contributed by atoms with Crippen molar-refractivity contribution in [3.63, 3.8) is 0 Å². The fraction of sp³-hybridized carbons (Fsp3) is 0.633. The van der Waals surface area contributed by atoms with Crippen LogP contribution in [0.15, 0.2) is 91.0 Å². The van der Waals surface area contributed by atoms with E-state index in [-0.39, 0.29) is 7.43 Å². The monoisotopic (exact) mass is 1230 g/mol. The second-order valence-corrected chi connectivity index (χ2v) is 43.7. The Bertz CT molecular complexity index is 1670. The molecular weight excluding hydrogens is 1140 g/mol. The molecular formula is C49H98O12S5Si7. The number of hydrogen-bond acceptors (Lipinski definition) is 17. The highest BCUT2D eigenvalue weighted by Crippen LogP contribution is 2.22. The molecule has 3 rings (SSSR count). The first-order chi connectivity index (χ1) is 34.0. The van der Waals surface area contributed by atoms with Gasteiger partial charge in [-0.25, -0.2) is 0 Å². The first kappa shape index (κ1) is 75.5. The molecule has 0 N–H and O–H groups in total.